The Kier molecular flexibility index (Phi) is 5.71. The molecule has 2 fully saturated rings. The molecule has 1 N–H and O–H groups in total. The van der Waals surface area contributed by atoms with Crippen molar-refractivity contribution in [3.05, 3.63) is 11.6 Å². The van der Waals surface area contributed by atoms with Crippen molar-refractivity contribution in [1.29, 1.82) is 0 Å². The van der Waals surface area contributed by atoms with Gasteiger partial charge in [0.2, 0.25) is 0 Å². The molecular weight excluding hydrogens is 220 g/mol. The van der Waals surface area contributed by atoms with Crippen LogP contribution in [0.2, 0.25) is 0 Å². The molecule has 0 aromatic carbocycles. The van der Waals surface area contributed by atoms with Gasteiger partial charge >= 0.3 is 0 Å². The molecule has 0 spiro atoms. The minimum Gasteiger partial charge on any atom is -0.312 e. The molecule has 1 unspecified atom stereocenters. The molecule has 1 heterocycles. The van der Waals surface area contributed by atoms with Gasteiger partial charge in [0.25, 0.3) is 0 Å². The van der Waals surface area contributed by atoms with E-state index in [4.69, 9.17) is 0 Å². The average molecular weight is 250 g/mol. The maximum atomic E-state index is 3.81. The van der Waals surface area contributed by atoms with E-state index in [-0.39, 0.29) is 0 Å². The first-order chi connectivity index (χ1) is 8.75. The van der Waals surface area contributed by atoms with Crippen molar-refractivity contribution in [2.75, 3.05) is 26.2 Å². The first kappa shape index (κ1) is 14.1. The third-order valence-corrected chi connectivity index (χ3v) is 4.49. The molecule has 2 aliphatic rings. The Balaban J connectivity index is 1.87. The molecule has 1 aliphatic carbocycles. The summed E-state index contributed by atoms with van der Waals surface area (Å²) in [5.74, 6) is 0.936. The molecule has 0 aromatic heterocycles. The molecule has 1 atom stereocenters. The maximum Gasteiger partial charge on any atom is 0.0223 e. The van der Waals surface area contributed by atoms with Crippen molar-refractivity contribution < 1.29 is 0 Å². The summed E-state index contributed by atoms with van der Waals surface area (Å²) in [6.07, 6.45) is 11.0. The molecular formula is C16H30N2. The van der Waals surface area contributed by atoms with E-state index in [1.54, 1.807) is 0 Å². The van der Waals surface area contributed by atoms with Crippen molar-refractivity contribution >= 4 is 0 Å². The van der Waals surface area contributed by atoms with Gasteiger partial charge in [-0.25, -0.2) is 0 Å². The van der Waals surface area contributed by atoms with Gasteiger partial charge in [0.15, 0.2) is 0 Å². The number of nitrogens with zero attached hydrogens (tertiary/aromatic N) is 1. The molecule has 1 saturated carbocycles. The normalized spacial score (nSPS) is 27.8. The van der Waals surface area contributed by atoms with Gasteiger partial charge in [-0.3, -0.25) is 4.90 Å². The lowest BCUT2D eigenvalue weighted by Crippen LogP contribution is -2.43. The van der Waals surface area contributed by atoms with Crippen molar-refractivity contribution in [3.8, 4) is 0 Å². The fraction of sp³-hybridized carbons (Fsp3) is 0.875. The molecule has 0 aromatic rings. The summed E-state index contributed by atoms with van der Waals surface area (Å²) in [7, 11) is 0. The highest BCUT2D eigenvalue weighted by Crippen LogP contribution is 2.27. The Morgan fingerprint density at radius 2 is 1.94 bits per heavy atom. The topological polar surface area (TPSA) is 15.3 Å². The molecule has 0 amide bonds. The van der Waals surface area contributed by atoms with E-state index in [1.807, 2.05) is 0 Å². The van der Waals surface area contributed by atoms with Crippen molar-refractivity contribution in [3.63, 3.8) is 0 Å². The van der Waals surface area contributed by atoms with Gasteiger partial charge in [-0.15, -0.1) is 0 Å². The van der Waals surface area contributed by atoms with E-state index < -0.39 is 0 Å². The summed E-state index contributed by atoms with van der Waals surface area (Å²) >= 11 is 0. The highest BCUT2D eigenvalue weighted by Gasteiger charge is 2.26. The number of allylic oxidation sites excluding steroid dienone is 1. The van der Waals surface area contributed by atoms with Crippen molar-refractivity contribution in [1.82, 2.24) is 10.2 Å². The SMILES string of the molecule is CC(C)=CCN1CCCNC(C2CCCCC2)C1. The Morgan fingerprint density at radius 3 is 2.67 bits per heavy atom. The fourth-order valence-corrected chi connectivity index (χ4v) is 3.35. The minimum atomic E-state index is 0.748. The third-order valence-electron chi connectivity index (χ3n) is 4.49. The van der Waals surface area contributed by atoms with Gasteiger partial charge < -0.3 is 5.32 Å². The van der Waals surface area contributed by atoms with Gasteiger partial charge in [0.05, 0.1) is 0 Å². The number of hydrogen-bond donors (Lipinski definition) is 1. The zero-order valence-corrected chi connectivity index (χ0v) is 12.3. The van der Waals surface area contributed by atoms with E-state index >= 15 is 0 Å². The van der Waals surface area contributed by atoms with Crippen LogP contribution in [0.15, 0.2) is 11.6 Å². The van der Waals surface area contributed by atoms with Crippen LogP contribution in [0.4, 0.5) is 0 Å². The standard InChI is InChI=1S/C16H30N2/c1-14(2)9-12-18-11-6-10-17-16(13-18)15-7-4-3-5-8-15/h9,15-17H,3-8,10-13H2,1-2H3. The highest BCUT2D eigenvalue weighted by atomic mass is 15.2. The second kappa shape index (κ2) is 7.30. The molecule has 2 nitrogen and oxygen atoms in total. The number of rotatable bonds is 3. The molecule has 104 valence electrons. The van der Waals surface area contributed by atoms with E-state index in [2.05, 4.69) is 30.1 Å². The van der Waals surface area contributed by atoms with Crippen LogP contribution in [-0.2, 0) is 0 Å². The molecule has 1 aliphatic heterocycles. The molecule has 2 heteroatoms. The summed E-state index contributed by atoms with van der Waals surface area (Å²) in [5.41, 5.74) is 1.45. The van der Waals surface area contributed by atoms with Crippen LogP contribution in [0, 0.1) is 5.92 Å². The van der Waals surface area contributed by atoms with Crippen LogP contribution in [-0.4, -0.2) is 37.1 Å². The second-order valence-corrected chi connectivity index (χ2v) is 6.35. The predicted molar refractivity (Wildman–Crippen MR) is 78.9 cm³/mol. The molecule has 0 radical (unpaired) electrons. The zero-order chi connectivity index (χ0) is 12.8. The van der Waals surface area contributed by atoms with Gasteiger partial charge in [-0.2, -0.15) is 0 Å². The monoisotopic (exact) mass is 250 g/mol. The lowest BCUT2D eigenvalue weighted by atomic mass is 9.83. The molecule has 2 rings (SSSR count). The van der Waals surface area contributed by atoms with E-state index in [1.165, 1.54) is 63.7 Å². The molecule has 0 bridgehead atoms. The number of hydrogen-bond acceptors (Lipinski definition) is 2. The molecule has 18 heavy (non-hydrogen) atoms. The summed E-state index contributed by atoms with van der Waals surface area (Å²) in [6.45, 7) is 9.29. The van der Waals surface area contributed by atoms with Crippen LogP contribution >= 0.6 is 0 Å². The van der Waals surface area contributed by atoms with E-state index in [0.717, 1.165) is 18.5 Å². The van der Waals surface area contributed by atoms with Crippen molar-refractivity contribution in [2.45, 2.75) is 58.4 Å². The third kappa shape index (κ3) is 4.40. The lowest BCUT2D eigenvalue weighted by Gasteiger charge is -2.32. The van der Waals surface area contributed by atoms with Crippen LogP contribution in [0.25, 0.3) is 0 Å². The summed E-state index contributed by atoms with van der Waals surface area (Å²) in [4.78, 5) is 2.65. The van der Waals surface area contributed by atoms with Crippen LogP contribution in [0.1, 0.15) is 52.4 Å². The van der Waals surface area contributed by atoms with Gasteiger partial charge in [0.1, 0.15) is 0 Å². The second-order valence-electron chi connectivity index (χ2n) is 6.35. The summed E-state index contributed by atoms with van der Waals surface area (Å²) in [6, 6.07) is 0.748. The first-order valence-electron chi connectivity index (χ1n) is 7.85. The van der Waals surface area contributed by atoms with E-state index in [9.17, 15) is 0 Å². The van der Waals surface area contributed by atoms with Crippen LogP contribution in [0.5, 0.6) is 0 Å². The Bertz CT molecular complexity index is 262. The van der Waals surface area contributed by atoms with Gasteiger partial charge in [-0.05, 0) is 52.1 Å². The molecule has 1 saturated heterocycles. The van der Waals surface area contributed by atoms with Crippen molar-refractivity contribution in [2.24, 2.45) is 5.92 Å². The zero-order valence-electron chi connectivity index (χ0n) is 12.3. The first-order valence-corrected chi connectivity index (χ1v) is 7.85. The Labute approximate surface area is 113 Å². The highest BCUT2D eigenvalue weighted by molar-refractivity contribution is 4.96. The Morgan fingerprint density at radius 1 is 1.17 bits per heavy atom. The Hall–Kier alpha value is -0.340. The maximum absolute atomic E-state index is 3.81. The van der Waals surface area contributed by atoms with Gasteiger partial charge in [0, 0.05) is 19.1 Å². The van der Waals surface area contributed by atoms with Crippen LogP contribution in [0.3, 0.4) is 0 Å². The summed E-state index contributed by atoms with van der Waals surface area (Å²) < 4.78 is 0. The predicted octanol–water partition coefficient (Wildman–Crippen LogP) is 3.20. The lowest BCUT2D eigenvalue weighted by molar-refractivity contribution is 0.217. The largest absolute Gasteiger partial charge is 0.312 e. The average Bonchev–Trinajstić information content (AvgIpc) is 2.63. The quantitative estimate of drug-likeness (QED) is 0.774. The van der Waals surface area contributed by atoms with Gasteiger partial charge in [-0.1, -0.05) is 30.9 Å². The summed E-state index contributed by atoms with van der Waals surface area (Å²) in [5, 5.41) is 3.81. The smallest absolute Gasteiger partial charge is 0.0223 e. The minimum absolute atomic E-state index is 0.748. The fourth-order valence-electron chi connectivity index (χ4n) is 3.35. The van der Waals surface area contributed by atoms with Crippen LogP contribution < -0.4 is 5.32 Å². The number of nitrogens with one attached hydrogen (secondary N) is 1. The van der Waals surface area contributed by atoms with E-state index in [0.29, 0.717) is 0 Å².